The zero-order valence-electron chi connectivity index (χ0n) is 13.3. The van der Waals surface area contributed by atoms with Crippen LogP contribution in [0.4, 0.5) is 0 Å². The van der Waals surface area contributed by atoms with Crippen LogP contribution < -0.4 is 9.47 Å². The number of hydrogen-bond acceptors (Lipinski definition) is 2. The van der Waals surface area contributed by atoms with E-state index in [9.17, 15) is 0 Å². The molecule has 2 heteroatoms. The van der Waals surface area contributed by atoms with Crippen molar-refractivity contribution in [2.24, 2.45) is 0 Å². The molecule has 1 atom stereocenters. The second-order valence-electron chi connectivity index (χ2n) is 5.69. The maximum atomic E-state index is 6.12. The molecule has 2 nitrogen and oxygen atoms in total. The minimum absolute atomic E-state index is 0.331. The van der Waals surface area contributed by atoms with Crippen molar-refractivity contribution in [3.8, 4) is 11.5 Å². The molecular weight excluding hydrogens is 248 g/mol. The van der Waals surface area contributed by atoms with Gasteiger partial charge in [-0.25, -0.2) is 0 Å². The Hall–Kier alpha value is -1.70. The first-order valence-corrected chi connectivity index (χ1v) is 6.96. The van der Waals surface area contributed by atoms with Crippen LogP contribution in [0.2, 0.25) is 0 Å². The number of rotatable bonds is 7. The molecule has 0 aliphatic carbocycles. The topological polar surface area (TPSA) is 18.5 Å². The molecule has 0 saturated heterocycles. The lowest BCUT2D eigenvalue weighted by Crippen LogP contribution is -2.25. The highest BCUT2D eigenvalue weighted by Gasteiger charge is 2.20. The molecule has 110 valence electrons. The second kappa shape index (κ2) is 6.65. The summed E-state index contributed by atoms with van der Waals surface area (Å²) in [6.07, 6.45) is 4.64. The van der Waals surface area contributed by atoms with Gasteiger partial charge < -0.3 is 9.47 Å². The standard InChI is InChI=1S/C18H26O2/c1-8-10-13(3)15-12-16(19-7)14(4)11-17(15)20-18(5,6)9-2/h8-9,11-13H,1-2,10H2,3-7H3/t13-/m1/s1. The van der Waals surface area contributed by atoms with Crippen LogP contribution in [0.3, 0.4) is 0 Å². The van der Waals surface area contributed by atoms with E-state index in [1.807, 2.05) is 39.0 Å². The zero-order valence-corrected chi connectivity index (χ0v) is 13.3. The van der Waals surface area contributed by atoms with E-state index in [1.54, 1.807) is 7.11 Å². The summed E-state index contributed by atoms with van der Waals surface area (Å²) >= 11 is 0. The van der Waals surface area contributed by atoms with E-state index in [4.69, 9.17) is 9.47 Å². The van der Waals surface area contributed by atoms with Gasteiger partial charge in [0.05, 0.1) is 7.11 Å². The largest absolute Gasteiger partial charge is 0.496 e. The Bertz CT molecular complexity index is 486. The first kappa shape index (κ1) is 16.4. The van der Waals surface area contributed by atoms with Gasteiger partial charge in [0.15, 0.2) is 0 Å². The second-order valence-corrected chi connectivity index (χ2v) is 5.69. The normalized spacial score (nSPS) is 12.7. The molecule has 1 aromatic rings. The van der Waals surface area contributed by atoms with E-state index >= 15 is 0 Å². The van der Waals surface area contributed by atoms with Gasteiger partial charge in [0.25, 0.3) is 0 Å². The molecule has 20 heavy (non-hydrogen) atoms. The third-order valence-electron chi connectivity index (χ3n) is 3.44. The summed E-state index contributed by atoms with van der Waals surface area (Å²) in [4.78, 5) is 0. The van der Waals surface area contributed by atoms with Crippen molar-refractivity contribution in [1.82, 2.24) is 0 Å². The number of allylic oxidation sites excluding steroid dienone is 1. The Morgan fingerprint density at radius 2 is 1.90 bits per heavy atom. The van der Waals surface area contributed by atoms with Gasteiger partial charge in [-0.2, -0.15) is 0 Å². The summed E-state index contributed by atoms with van der Waals surface area (Å²) in [7, 11) is 1.69. The minimum atomic E-state index is -0.399. The lowest BCUT2D eigenvalue weighted by atomic mass is 9.95. The molecular formula is C18H26O2. The van der Waals surface area contributed by atoms with E-state index in [-0.39, 0.29) is 0 Å². The van der Waals surface area contributed by atoms with Crippen LogP contribution >= 0.6 is 0 Å². The number of ether oxygens (including phenoxy) is 2. The van der Waals surface area contributed by atoms with Gasteiger partial charge in [-0.1, -0.05) is 19.6 Å². The highest BCUT2D eigenvalue weighted by Crippen LogP contribution is 2.36. The van der Waals surface area contributed by atoms with Gasteiger partial charge in [0.1, 0.15) is 17.1 Å². The molecule has 1 aromatic carbocycles. The summed E-state index contributed by atoms with van der Waals surface area (Å²) < 4.78 is 11.5. The van der Waals surface area contributed by atoms with E-state index in [0.29, 0.717) is 5.92 Å². The van der Waals surface area contributed by atoms with Crippen LogP contribution in [0.5, 0.6) is 11.5 Å². The van der Waals surface area contributed by atoms with Crippen LogP contribution in [-0.4, -0.2) is 12.7 Å². The van der Waals surface area contributed by atoms with Crippen LogP contribution in [0.25, 0.3) is 0 Å². The molecule has 0 fully saturated rings. The number of benzene rings is 1. The molecule has 0 radical (unpaired) electrons. The lowest BCUT2D eigenvalue weighted by molar-refractivity contribution is 0.159. The predicted octanol–water partition coefficient (Wildman–Crippen LogP) is 5.03. The van der Waals surface area contributed by atoms with Gasteiger partial charge in [-0.05, 0) is 56.9 Å². The predicted molar refractivity (Wildman–Crippen MR) is 85.9 cm³/mol. The molecule has 0 aliphatic heterocycles. The lowest BCUT2D eigenvalue weighted by Gasteiger charge is -2.26. The third kappa shape index (κ3) is 3.89. The summed E-state index contributed by atoms with van der Waals surface area (Å²) in [5.74, 6) is 2.11. The fourth-order valence-corrected chi connectivity index (χ4v) is 2.07. The van der Waals surface area contributed by atoms with E-state index in [1.165, 1.54) is 0 Å². The first-order valence-electron chi connectivity index (χ1n) is 6.96. The zero-order chi connectivity index (χ0) is 15.3. The molecule has 0 bridgehead atoms. The van der Waals surface area contributed by atoms with E-state index in [0.717, 1.165) is 29.0 Å². The molecule has 0 amide bonds. The Morgan fingerprint density at radius 1 is 1.25 bits per heavy atom. The quantitative estimate of drug-likeness (QED) is 0.649. The van der Waals surface area contributed by atoms with Gasteiger partial charge in [-0.15, -0.1) is 6.58 Å². The average molecular weight is 274 g/mol. The summed E-state index contributed by atoms with van der Waals surface area (Å²) in [6, 6.07) is 4.11. The van der Waals surface area contributed by atoms with Crippen LogP contribution in [0, 0.1) is 6.92 Å². The van der Waals surface area contributed by atoms with Crippen LogP contribution in [0.15, 0.2) is 37.4 Å². The smallest absolute Gasteiger partial charge is 0.124 e. The fraction of sp³-hybridized carbons (Fsp3) is 0.444. The van der Waals surface area contributed by atoms with Gasteiger partial charge in [0.2, 0.25) is 0 Å². The Labute approximate surface area is 123 Å². The number of methoxy groups -OCH3 is 1. The van der Waals surface area contributed by atoms with Crippen LogP contribution in [0.1, 0.15) is 44.2 Å². The summed E-state index contributed by atoms with van der Waals surface area (Å²) in [6.45, 7) is 15.8. The van der Waals surface area contributed by atoms with Crippen molar-refractivity contribution in [3.05, 3.63) is 48.6 Å². The Balaban J connectivity index is 3.28. The maximum Gasteiger partial charge on any atom is 0.124 e. The first-order chi connectivity index (χ1) is 9.34. The highest BCUT2D eigenvalue weighted by atomic mass is 16.5. The van der Waals surface area contributed by atoms with Crippen molar-refractivity contribution < 1.29 is 9.47 Å². The van der Waals surface area contributed by atoms with Gasteiger partial charge in [0, 0.05) is 5.56 Å². The molecule has 0 aliphatic rings. The fourth-order valence-electron chi connectivity index (χ4n) is 2.07. The van der Waals surface area contributed by atoms with Crippen LogP contribution in [-0.2, 0) is 0 Å². The van der Waals surface area contributed by atoms with Crippen molar-refractivity contribution in [3.63, 3.8) is 0 Å². The third-order valence-corrected chi connectivity index (χ3v) is 3.44. The monoisotopic (exact) mass is 274 g/mol. The van der Waals surface area contributed by atoms with E-state index < -0.39 is 5.60 Å². The molecule has 0 N–H and O–H groups in total. The van der Waals surface area contributed by atoms with Crippen molar-refractivity contribution in [1.29, 1.82) is 0 Å². The Kier molecular flexibility index (Phi) is 5.43. The molecule has 0 unspecified atom stereocenters. The van der Waals surface area contributed by atoms with Gasteiger partial charge >= 0.3 is 0 Å². The molecule has 0 aromatic heterocycles. The summed E-state index contributed by atoms with van der Waals surface area (Å²) in [5, 5.41) is 0. The highest BCUT2D eigenvalue weighted by molar-refractivity contribution is 5.48. The maximum absolute atomic E-state index is 6.12. The molecule has 1 rings (SSSR count). The minimum Gasteiger partial charge on any atom is -0.496 e. The van der Waals surface area contributed by atoms with Gasteiger partial charge in [-0.3, -0.25) is 0 Å². The van der Waals surface area contributed by atoms with Crippen molar-refractivity contribution >= 4 is 0 Å². The summed E-state index contributed by atoms with van der Waals surface area (Å²) in [5.41, 5.74) is 1.81. The van der Waals surface area contributed by atoms with E-state index in [2.05, 4.69) is 26.1 Å². The van der Waals surface area contributed by atoms with Crippen molar-refractivity contribution in [2.75, 3.05) is 7.11 Å². The molecule has 0 heterocycles. The number of hydrogen-bond donors (Lipinski definition) is 0. The number of aryl methyl sites for hydroxylation is 1. The van der Waals surface area contributed by atoms with Crippen molar-refractivity contribution in [2.45, 2.75) is 45.6 Å². The Morgan fingerprint density at radius 3 is 2.40 bits per heavy atom. The molecule has 0 spiro atoms. The molecule has 0 saturated carbocycles. The average Bonchev–Trinajstić information content (AvgIpc) is 2.38. The SMILES string of the molecule is C=CC[C@@H](C)c1cc(OC)c(C)cc1OC(C)(C)C=C.